The van der Waals surface area contributed by atoms with Crippen molar-refractivity contribution in [1.29, 1.82) is 0 Å². The molecule has 2 nitrogen and oxygen atoms in total. The molecule has 2 aromatic heterocycles. The van der Waals surface area contributed by atoms with Crippen molar-refractivity contribution < 1.29 is 0 Å². The summed E-state index contributed by atoms with van der Waals surface area (Å²) in [7, 11) is 0. The van der Waals surface area contributed by atoms with Crippen LogP contribution in [0.25, 0.3) is 0 Å². The zero-order valence-electron chi connectivity index (χ0n) is 17.5. The molecule has 0 radical (unpaired) electrons. The lowest BCUT2D eigenvalue weighted by Crippen LogP contribution is -1.84. The Kier molecular flexibility index (Phi) is 27.7. The average Bonchev–Trinajstić information content (AvgIpc) is 3.07. The molecule has 0 aromatic carbocycles. The third-order valence-electron chi connectivity index (χ3n) is 2.55. The summed E-state index contributed by atoms with van der Waals surface area (Å²) in [5.41, 5.74) is 4.32. The smallest absolute Gasteiger partial charge is 0.0797 e. The lowest BCUT2D eigenvalue weighted by Gasteiger charge is -1.92. The zero-order valence-corrected chi connectivity index (χ0v) is 18.3. The number of thiazole rings is 1. The van der Waals surface area contributed by atoms with Crippen LogP contribution in [0, 0.1) is 6.92 Å². The number of hydrogen-bond acceptors (Lipinski definition) is 3. The summed E-state index contributed by atoms with van der Waals surface area (Å²) in [5.74, 6) is 0. The van der Waals surface area contributed by atoms with E-state index in [2.05, 4.69) is 36.8 Å². The van der Waals surface area contributed by atoms with Crippen molar-refractivity contribution in [3.63, 3.8) is 0 Å². The summed E-state index contributed by atoms with van der Waals surface area (Å²) in [5, 5.41) is 0. The van der Waals surface area contributed by atoms with Crippen molar-refractivity contribution in [2.75, 3.05) is 0 Å². The van der Waals surface area contributed by atoms with E-state index in [9.17, 15) is 0 Å². The minimum atomic E-state index is 1.10. The molecule has 0 amide bonds. The third kappa shape index (κ3) is 15.7. The van der Waals surface area contributed by atoms with E-state index in [0.717, 1.165) is 6.42 Å². The van der Waals surface area contributed by atoms with Gasteiger partial charge in [0.2, 0.25) is 0 Å². The second kappa shape index (κ2) is 24.0. The van der Waals surface area contributed by atoms with Gasteiger partial charge >= 0.3 is 0 Å². The molecule has 24 heavy (non-hydrogen) atoms. The highest BCUT2D eigenvalue weighted by molar-refractivity contribution is 7.09. The Labute approximate surface area is 155 Å². The van der Waals surface area contributed by atoms with Crippen LogP contribution in [0.2, 0.25) is 0 Å². The van der Waals surface area contributed by atoms with E-state index >= 15 is 0 Å². The van der Waals surface area contributed by atoms with Crippen LogP contribution in [0.1, 0.15) is 84.5 Å². The fraction of sp³-hybridized carbons (Fsp3) is 0.619. The number of aryl methyl sites for hydroxylation is 3. The Balaban J connectivity index is -0.000000281. The first kappa shape index (κ1) is 27.6. The molecule has 0 aliphatic carbocycles. The highest BCUT2D eigenvalue weighted by Gasteiger charge is 1.97. The second-order valence-electron chi connectivity index (χ2n) is 4.18. The Hall–Kier alpha value is -1.22. The molecule has 0 saturated heterocycles. The summed E-state index contributed by atoms with van der Waals surface area (Å²) < 4.78 is 0. The number of rotatable bonds is 4. The Morgan fingerprint density at radius 3 is 1.79 bits per heavy atom. The van der Waals surface area contributed by atoms with Gasteiger partial charge in [0, 0.05) is 16.8 Å². The van der Waals surface area contributed by atoms with Crippen molar-refractivity contribution in [3.05, 3.63) is 46.2 Å². The molecule has 2 rings (SSSR count). The van der Waals surface area contributed by atoms with Gasteiger partial charge in [-0.2, -0.15) is 0 Å². The first-order valence-electron chi connectivity index (χ1n) is 9.56. The SMILES string of the molecule is CC.CC.CC.CCCc1ccccn1.CCCc1scnc1C. The summed E-state index contributed by atoms with van der Waals surface area (Å²) in [6.45, 7) is 18.4. The van der Waals surface area contributed by atoms with Crippen LogP contribution in [0.15, 0.2) is 29.9 Å². The van der Waals surface area contributed by atoms with E-state index in [4.69, 9.17) is 0 Å². The monoisotopic (exact) mass is 352 g/mol. The lowest BCUT2D eigenvalue weighted by atomic mass is 10.2. The molecule has 0 spiro atoms. The number of aromatic nitrogens is 2. The molecule has 0 aliphatic heterocycles. The molecule has 0 atom stereocenters. The maximum atomic E-state index is 4.17. The standard InChI is InChI=1S/C8H11N.C7H11NS.3C2H6/c1-2-5-8-6-3-4-7-9-8;1-3-4-7-6(2)8-5-9-7;3*1-2/h3-4,6-7H,2,5H2,1H3;5H,3-4H2,1-2H3;3*1-2H3. The van der Waals surface area contributed by atoms with E-state index in [1.54, 1.807) is 11.3 Å². The van der Waals surface area contributed by atoms with Gasteiger partial charge in [0.25, 0.3) is 0 Å². The topological polar surface area (TPSA) is 25.8 Å². The van der Waals surface area contributed by atoms with Gasteiger partial charge < -0.3 is 0 Å². The number of hydrogen-bond donors (Lipinski definition) is 0. The molecule has 0 aliphatic rings. The van der Waals surface area contributed by atoms with Gasteiger partial charge in [0.1, 0.15) is 0 Å². The summed E-state index contributed by atoms with van der Waals surface area (Å²) in [6.07, 6.45) is 6.53. The average molecular weight is 353 g/mol. The minimum absolute atomic E-state index is 1.10. The molecule has 0 N–H and O–H groups in total. The van der Waals surface area contributed by atoms with Crippen molar-refractivity contribution in [1.82, 2.24) is 9.97 Å². The maximum Gasteiger partial charge on any atom is 0.0797 e. The maximum absolute atomic E-state index is 4.17. The van der Waals surface area contributed by atoms with Crippen LogP contribution < -0.4 is 0 Å². The Morgan fingerprint density at radius 1 is 0.833 bits per heavy atom. The van der Waals surface area contributed by atoms with Crippen LogP contribution in [-0.2, 0) is 12.8 Å². The van der Waals surface area contributed by atoms with Crippen molar-refractivity contribution >= 4 is 11.3 Å². The molecule has 2 aromatic rings. The van der Waals surface area contributed by atoms with Crippen LogP contribution in [0.4, 0.5) is 0 Å². The van der Waals surface area contributed by atoms with Crippen molar-refractivity contribution in [2.45, 2.75) is 88.0 Å². The van der Waals surface area contributed by atoms with Gasteiger partial charge in [-0.25, -0.2) is 4.98 Å². The van der Waals surface area contributed by atoms with E-state index in [-0.39, 0.29) is 0 Å². The zero-order chi connectivity index (χ0) is 19.2. The van der Waals surface area contributed by atoms with Crippen LogP contribution in [0.3, 0.4) is 0 Å². The molecule has 0 bridgehead atoms. The predicted molar refractivity (Wildman–Crippen MR) is 113 cm³/mol. The van der Waals surface area contributed by atoms with Gasteiger partial charge in [-0.15, -0.1) is 11.3 Å². The van der Waals surface area contributed by atoms with Crippen molar-refractivity contribution in [2.24, 2.45) is 0 Å². The van der Waals surface area contributed by atoms with Gasteiger partial charge in [-0.05, 0) is 31.9 Å². The normalized spacial score (nSPS) is 8.04. The highest BCUT2D eigenvalue weighted by Crippen LogP contribution is 2.13. The molecule has 0 fully saturated rings. The van der Waals surface area contributed by atoms with Crippen LogP contribution >= 0.6 is 11.3 Å². The van der Waals surface area contributed by atoms with E-state index < -0.39 is 0 Å². The summed E-state index contributed by atoms with van der Waals surface area (Å²) in [4.78, 5) is 9.76. The first-order valence-corrected chi connectivity index (χ1v) is 10.4. The molecule has 2 heterocycles. The second-order valence-corrected chi connectivity index (χ2v) is 5.12. The molecule has 3 heteroatoms. The predicted octanol–water partition coefficient (Wildman–Crippen LogP) is 7.52. The molecular weight excluding hydrogens is 312 g/mol. The van der Waals surface area contributed by atoms with Gasteiger partial charge in [-0.1, -0.05) is 74.3 Å². The lowest BCUT2D eigenvalue weighted by molar-refractivity contribution is 0.883. The van der Waals surface area contributed by atoms with Crippen LogP contribution in [0.5, 0.6) is 0 Å². The minimum Gasteiger partial charge on any atom is -0.261 e. The highest BCUT2D eigenvalue weighted by atomic mass is 32.1. The van der Waals surface area contributed by atoms with E-state index in [1.165, 1.54) is 35.5 Å². The quantitative estimate of drug-likeness (QED) is 0.568. The third-order valence-corrected chi connectivity index (χ3v) is 3.55. The molecule has 0 saturated carbocycles. The Morgan fingerprint density at radius 2 is 1.42 bits per heavy atom. The molecule has 140 valence electrons. The first-order chi connectivity index (χ1) is 11.8. The van der Waals surface area contributed by atoms with Gasteiger partial charge in [0.15, 0.2) is 0 Å². The fourth-order valence-corrected chi connectivity index (χ4v) is 2.48. The Bertz CT molecular complexity index is 424. The molecule has 0 unspecified atom stereocenters. The van der Waals surface area contributed by atoms with Crippen LogP contribution in [-0.4, -0.2) is 9.97 Å². The van der Waals surface area contributed by atoms with Gasteiger partial charge in [0.05, 0.1) is 11.2 Å². The van der Waals surface area contributed by atoms with Gasteiger partial charge in [-0.3, -0.25) is 4.98 Å². The summed E-state index contributed by atoms with van der Waals surface area (Å²) in [6, 6.07) is 6.03. The van der Waals surface area contributed by atoms with Crippen molar-refractivity contribution in [3.8, 4) is 0 Å². The van der Waals surface area contributed by atoms with E-state index in [1.807, 2.05) is 65.4 Å². The summed E-state index contributed by atoms with van der Waals surface area (Å²) >= 11 is 1.76. The number of nitrogens with zero attached hydrogens (tertiary/aromatic N) is 2. The fourth-order valence-electron chi connectivity index (χ4n) is 1.60. The molecular formula is C21H40N2S. The van der Waals surface area contributed by atoms with E-state index in [0.29, 0.717) is 0 Å². The number of pyridine rings is 1. The largest absolute Gasteiger partial charge is 0.261 e.